The van der Waals surface area contributed by atoms with Gasteiger partial charge >= 0.3 is 12.1 Å². The van der Waals surface area contributed by atoms with Crippen molar-refractivity contribution in [1.29, 1.82) is 0 Å². The van der Waals surface area contributed by atoms with Crippen molar-refractivity contribution in [1.82, 2.24) is 5.32 Å². The third kappa shape index (κ3) is 2.74. The van der Waals surface area contributed by atoms with Crippen molar-refractivity contribution < 1.29 is 27.9 Å². The molecule has 0 unspecified atom stereocenters. The van der Waals surface area contributed by atoms with Gasteiger partial charge in [-0.1, -0.05) is 0 Å². The maximum Gasteiger partial charge on any atom is 0.412 e. The second-order valence-corrected chi connectivity index (χ2v) is 3.70. The Balaban J connectivity index is 2.65. The molecule has 0 bridgehead atoms. The Hall–Kier alpha value is -1.53. The lowest BCUT2D eigenvalue weighted by Gasteiger charge is -2.11. The molecule has 0 heterocycles. The molecule has 90 valence electrons. The lowest BCUT2D eigenvalue weighted by Crippen LogP contribution is -2.42. The molecule has 7 heteroatoms. The van der Waals surface area contributed by atoms with Crippen molar-refractivity contribution >= 4 is 11.9 Å². The minimum absolute atomic E-state index is 0.243. The first-order valence-electron chi connectivity index (χ1n) is 4.48. The zero-order valence-electron chi connectivity index (χ0n) is 8.39. The Kier molecular flexibility index (Phi) is 2.98. The van der Waals surface area contributed by atoms with Gasteiger partial charge in [-0.25, -0.2) is 4.79 Å². The molecule has 0 saturated heterocycles. The van der Waals surface area contributed by atoms with Crippen LogP contribution in [0.1, 0.15) is 19.8 Å². The second-order valence-electron chi connectivity index (χ2n) is 3.70. The van der Waals surface area contributed by atoms with Gasteiger partial charge in [0, 0.05) is 11.6 Å². The fraction of sp³-hybridized carbons (Fsp3) is 0.556. The molecule has 1 saturated carbocycles. The fourth-order valence-electron chi connectivity index (χ4n) is 1.07. The summed E-state index contributed by atoms with van der Waals surface area (Å²) in [5, 5.41) is 10.7. The zero-order valence-corrected chi connectivity index (χ0v) is 8.39. The summed E-state index contributed by atoms with van der Waals surface area (Å²) in [5.74, 6) is -2.26. The predicted molar refractivity (Wildman–Crippen MR) is 47.6 cm³/mol. The van der Waals surface area contributed by atoms with Gasteiger partial charge in [-0.05, 0) is 19.8 Å². The van der Waals surface area contributed by atoms with E-state index in [9.17, 15) is 22.8 Å². The van der Waals surface area contributed by atoms with Gasteiger partial charge in [-0.15, -0.1) is 0 Å². The molecule has 0 aromatic carbocycles. The Morgan fingerprint density at radius 2 is 1.88 bits per heavy atom. The lowest BCUT2D eigenvalue weighted by molar-refractivity contribution is -0.142. The largest absolute Gasteiger partial charge is 0.480 e. The van der Waals surface area contributed by atoms with E-state index in [0.29, 0.717) is 6.08 Å². The molecule has 1 fully saturated rings. The molecule has 4 nitrogen and oxygen atoms in total. The number of carboxylic acid groups (broad SMARTS) is 1. The van der Waals surface area contributed by atoms with Crippen molar-refractivity contribution in [3.63, 3.8) is 0 Å². The zero-order chi connectivity index (χ0) is 12.6. The molecule has 1 aliphatic carbocycles. The monoisotopic (exact) mass is 237 g/mol. The van der Waals surface area contributed by atoms with Gasteiger partial charge in [0.05, 0.1) is 0 Å². The molecule has 2 N–H and O–H groups in total. The Morgan fingerprint density at radius 1 is 1.38 bits per heavy atom. The number of aliphatic carboxylic acids is 1. The summed E-state index contributed by atoms with van der Waals surface area (Å²) < 4.78 is 36.2. The molecule has 16 heavy (non-hydrogen) atoms. The molecular weight excluding hydrogens is 227 g/mol. The van der Waals surface area contributed by atoms with Crippen LogP contribution in [-0.2, 0) is 9.59 Å². The minimum atomic E-state index is -4.57. The molecule has 1 amide bonds. The molecular formula is C9H10F3NO3. The van der Waals surface area contributed by atoms with E-state index in [0.717, 1.165) is 6.92 Å². The molecule has 0 aromatic rings. The summed E-state index contributed by atoms with van der Waals surface area (Å²) in [5.41, 5.74) is -2.43. The number of nitrogens with one attached hydrogen (secondary N) is 1. The number of hydrogen-bond acceptors (Lipinski definition) is 2. The first-order valence-corrected chi connectivity index (χ1v) is 4.48. The SMILES string of the molecule is CC(=CC(=O)NC1(C(=O)O)CC1)C(F)(F)F. The van der Waals surface area contributed by atoms with Crippen LogP contribution < -0.4 is 5.32 Å². The third-order valence-electron chi connectivity index (χ3n) is 2.32. The van der Waals surface area contributed by atoms with Crippen LogP contribution >= 0.6 is 0 Å². The number of hydrogen-bond donors (Lipinski definition) is 2. The molecule has 0 radical (unpaired) electrons. The maximum atomic E-state index is 12.1. The van der Waals surface area contributed by atoms with Crippen LogP contribution in [0.2, 0.25) is 0 Å². The summed E-state index contributed by atoms with van der Waals surface area (Å²) in [6.07, 6.45) is -3.72. The molecule has 0 aromatic heterocycles. The average Bonchev–Trinajstić information content (AvgIpc) is 2.83. The fourth-order valence-corrected chi connectivity index (χ4v) is 1.07. The smallest absolute Gasteiger partial charge is 0.412 e. The first-order chi connectivity index (χ1) is 7.17. The molecule has 1 aliphatic rings. The Labute approximate surface area is 89.1 Å². The van der Waals surface area contributed by atoms with Crippen molar-refractivity contribution in [3.05, 3.63) is 11.6 Å². The van der Waals surface area contributed by atoms with Gasteiger partial charge in [0.15, 0.2) is 0 Å². The van der Waals surface area contributed by atoms with Crippen molar-refractivity contribution in [2.45, 2.75) is 31.5 Å². The van der Waals surface area contributed by atoms with Crippen molar-refractivity contribution in [3.8, 4) is 0 Å². The highest BCUT2D eigenvalue weighted by Gasteiger charge is 2.51. The van der Waals surface area contributed by atoms with Gasteiger partial charge in [-0.3, -0.25) is 4.79 Å². The summed E-state index contributed by atoms with van der Waals surface area (Å²) in [6.45, 7) is 0.750. The number of amides is 1. The number of allylic oxidation sites excluding steroid dienone is 1. The van der Waals surface area contributed by atoms with E-state index in [2.05, 4.69) is 5.32 Å². The maximum absolute atomic E-state index is 12.1. The average molecular weight is 237 g/mol. The van der Waals surface area contributed by atoms with E-state index in [-0.39, 0.29) is 12.8 Å². The number of alkyl halides is 3. The van der Waals surface area contributed by atoms with Crippen LogP contribution in [0.3, 0.4) is 0 Å². The summed E-state index contributed by atoms with van der Waals surface area (Å²) in [7, 11) is 0. The van der Waals surface area contributed by atoms with Gasteiger partial charge in [-0.2, -0.15) is 13.2 Å². The predicted octanol–water partition coefficient (Wildman–Crippen LogP) is 1.23. The van der Waals surface area contributed by atoms with E-state index < -0.39 is 29.2 Å². The molecule has 0 atom stereocenters. The van der Waals surface area contributed by atoms with Crippen LogP contribution in [0.15, 0.2) is 11.6 Å². The van der Waals surface area contributed by atoms with Crippen molar-refractivity contribution in [2.24, 2.45) is 0 Å². The third-order valence-corrected chi connectivity index (χ3v) is 2.32. The standard InChI is InChI=1S/C9H10F3NO3/c1-5(9(10,11)12)4-6(14)13-8(2-3-8)7(15)16/h4H,2-3H2,1H3,(H,13,14)(H,15,16). The van der Waals surface area contributed by atoms with Gasteiger partial charge in [0.1, 0.15) is 5.54 Å². The van der Waals surface area contributed by atoms with Crippen molar-refractivity contribution in [2.75, 3.05) is 0 Å². The van der Waals surface area contributed by atoms with E-state index in [4.69, 9.17) is 5.11 Å². The Bertz CT molecular complexity index is 356. The van der Waals surface area contributed by atoms with Gasteiger partial charge < -0.3 is 10.4 Å². The second kappa shape index (κ2) is 3.80. The summed E-state index contributed by atoms with van der Waals surface area (Å²) in [6, 6.07) is 0. The van der Waals surface area contributed by atoms with E-state index in [1.165, 1.54) is 0 Å². The normalized spacial score (nSPS) is 19.1. The van der Waals surface area contributed by atoms with E-state index in [1.807, 2.05) is 0 Å². The van der Waals surface area contributed by atoms with Gasteiger partial charge in [0.25, 0.3) is 0 Å². The van der Waals surface area contributed by atoms with E-state index >= 15 is 0 Å². The topological polar surface area (TPSA) is 66.4 Å². The quantitative estimate of drug-likeness (QED) is 0.725. The molecule has 0 aliphatic heterocycles. The van der Waals surface area contributed by atoms with Crippen LogP contribution in [0, 0.1) is 0 Å². The summed E-state index contributed by atoms with van der Waals surface area (Å²) >= 11 is 0. The highest BCUT2D eigenvalue weighted by Crippen LogP contribution is 2.35. The Morgan fingerprint density at radius 3 is 2.19 bits per heavy atom. The van der Waals surface area contributed by atoms with Crippen LogP contribution in [0.5, 0.6) is 0 Å². The van der Waals surface area contributed by atoms with Crippen LogP contribution in [-0.4, -0.2) is 28.7 Å². The molecule has 0 spiro atoms. The highest BCUT2D eigenvalue weighted by molar-refractivity contribution is 5.95. The first kappa shape index (κ1) is 12.5. The number of rotatable bonds is 3. The minimum Gasteiger partial charge on any atom is -0.480 e. The lowest BCUT2D eigenvalue weighted by atomic mass is 10.2. The highest BCUT2D eigenvalue weighted by atomic mass is 19.4. The number of carboxylic acids is 1. The summed E-state index contributed by atoms with van der Waals surface area (Å²) in [4.78, 5) is 21.8. The number of carbonyl (C=O) groups is 2. The number of carbonyl (C=O) groups excluding carboxylic acids is 1. The van der Waals surface area contributed by atoms with Gasteiger partial charge in [0.2, 0.25) is 5.91 Å². The molecule has 1 rings (SSSR count). The van der Waals surface area contributed by atoms with E-state index in [1.54, 1.807) is 0 Å². The number of halogens is 3. The van der Waals surface area contributed by atoms with Crippen LogP contribution in [0.4, 0.5) is 13.2 Å². The van der Waals surface area contributed by atoms with Crippen LogP contribution in [0.25, 0.3) is 0 Å².